The zero-order valence-corrected chi connectivity index (χ0v) is 14.9. The SMILES string of the molecule is O=C(NCCc1ccccc1)C1(C(=O)N2CCCc3ccccc32)CC1. The molecular formula is C22H24N2O2. The van der Waals surface area contributed by atoms with Crippen LogP contribution in [0.3, 0.4) is 0 Å². The molecule has 0 saturated heterocycles. The van der Waals surface area contributed by atoms with Crippen molar-refractivity contribution in [3.05, 3.63) is 65.7 Å². The highest BCUT2D eigenvalue weighted by Crippen LogP contribution is 2.48. The van der Waals surface area contributed by atoms with Gasteiger partial charge in [0.15, 0.2) is 0 Å². The summed E-state index contributed by atoms with van der Waals surface area (Å²) in [6, 6.07) is 18.1. The molecule has 0 aromatic heterocycles. The molecule has 1 aliphatic heterocycles. The van der Waals surface area contributed by atoms with E-state index in [1.165, 1.54) is 11.1 Å². The van der Waals surface area contributed by atoms with Crippen LogP contribution in [0.5, 0.6) is 0 Å². The van der Waals surface area contributed by atoms with Gasteiger partial charge in [-0.25, -0.2) is 0 Å². The zero-order valence-electron chi connectivity index (χ0n) is 14.9. The Morgan fingerprint density at radius 2 is 1.73 bits per heavy atom. The Labute approximate surface area is 154 Å². The minimum absolute atomic E-state index is 0.0261. The third-order valence-corrected chi connectivity index (χ3v) is 5.49. The maximum atomic E-state index is 13.2. The average molecular weight is 348 g/mol. The minimum atomic E-state index is -0.846. The molecule has 134 valence electrons. The highest BCUT2D eigenvalue weighted by atomic mass is 16.2. The lowest BCUT2D eigenvalue weighted by Gasteiger charge is -2.32. The Morgan fingerprint density at radius 1 is 1.00 bits per heavy atom. The van der Waals surface area contributed by atoms with Gasteiger partial charge in [0.05, 0.1) is 0 Å². The third-order valence-electron chi connectivity index (χ3n) is 5.49. The van der Waals surface area contributed by atoms with E-state index in [0.29, 0.717) is 25.9 Å². The van der Waals surface area contributed by atoms with E-state index in [2.05, 4.69) is 23.5 Å². The molecule has 0 atom stereocenters. The van der Waals surface area contributed by atoms with Crippen LogP contribution in [0.2, 0.25) is 0 Å². The number of rotatable bonds is 5. The number of anilines is 1. The number of carbonyl (C=O) groups is 2. The van der Waals surface area contributed by atoms with E-state index >= 15 is 0 Å². The monoisotopic (exact) mass is 348 g/mol. The molecule has 1 aliphatic carbocycles. The summed E-state index contributed by atoms with van der Waals surface area (Å²) in [5.74, 6) is -0.136. The molecule has 2 amide bonds. The van der Waals surface area contributed by atoms with Gasteiger partial charge in [-0.05, 0) is 49.3 Å². The Bertz CT molecular complexity index is 812. The lowest BCUT2D eigenvalue weighted by molar-refractivity contribution is -0.135. The molecule has 2 aliphatic rings. The minimum Gasteiger partial charge on any atom is -0.355 e. The molecule has 0 spiro atoms. The van der Waals surface area contributed by atoms with E-state index in [1.807, 2.05) is 41.3 Å². The van der Waals surface area contributed by atoms with Crippen molar-refractivity contribution in [1.82, 2.24) is 5.32 Å². The summed E-state index contributed by atoms with van der Waals surface area (Å²) in [6.45, 7) is 1.27. The Balaban J connectivity index is 1.42. The van der Waals surface area contributed by atoms with Crippen LogP contribution >= 0.6 is 0 Å². The molecular weight excluding hydrogens is 324 g/mol. The topological polar surface area (TPSA) is 49.4 Å². The van der Waals surface area contributed by atoms with Gasteiger partial charge in [-0.3, -0.25) is 9.59 Å². The van der Waals surface area contributed by atoms with Crippen LogP contribution in [-0.4, -0.2) is 24.9 Å². The van der Waals surface area contributed by atoms with E-state index in [0.717, 1.165) is 24.9 Å². The van der Waals surface area contributed by atoms with Crippen LogP contribution in [0.25, 0.3) is 0 Å². The van der Waals surface area contributed by atoms with Crippen molar-refractivity contribution in [1.29, 1.82) is 0 Å². The molecule has 2 aromatic carbocycles. The Hall–Kier alpha value is -2.62. The maximum Gasteiger partial charge on any atom is 0.242 e. The van der Waals surface area contributed by atoms with Gasteiger partial charge in [-0.2, -0.15) is 0 Å². The van der Waals surface area contributed by atoms with Crippen molar-refractivity contribution in [2.24, 2.45) is 5.41 Å². The molecule has 26 heavy (non-hydrogen) atoms. The lowest BCUT2D eigenvalue weighted by Crippen LogP contribution is -2.47. The molecule has 0 radical (unpaired) electrons. The van der Waals surface area contributed by atoms with Crippen LogP contribution in [0.1, 0.15) is 30.4 Å². The number of aryl methyl sites for hydroxylation is 1. The fraction of sp³-hybridized carbons (Fsp3) is 0.364. The molecule has 1 heterocycles. The van der Waals surface area contributed by atoms with E-state index in [9.17, 15) is 9.59 Å². The summed E-state index contributed by atoms with van der Waals surface area (Å²) < 4.78 is 0. The second-order valence-electron chi connectivity index (χ2n) is 7.26. The predicted octanol–water partition coefficient (Wildman–Crippen LogP) is 3.10. The maximum absolute atomic E-state index is 13.2. The molecule has 1 fully saturated rings. The molecule has 2 aromatic rings. The molecule has 0 unspecified atom stereocenters. The second-order valence-corrected chi connectivity index (χ2v) is 7.26. The van der Waals surface area contributed by atoms with Gasteiger partial charge in [0, 0.05) is 18.8 Å². The number of nitrogens with zero attached hydrogens (tertiary/aromatic N) is 1. The fourth-order valence-corrected chi connectivity index (χ4v) is 3.80. The molecule has 1 saturated carbocycles. The Morgan fingerprint density at radius 3 is 2.50 bits per heavy atom. The highest BCUT2D eigenvalue weighted by Gasteiger charge is 2.58. The van der Waals surface area contributed by atoms with Crippen LogP contribution < -0.4 is 10.2 Å². The summed E-state index contributed by atoms with van der Waals surface area (Å²) in [4.78, 5) is 27.8. The highest BCUT2D eigenvalue weighted by molar-refractivity contribution is 6.14. The van der Waals surface area contributed by atoms with Gasteiger partial charge in [-0.15, -0.1) is 0 Å². The second kappa shape index (κ2) is 6.94. The number of carbonyl (C=O) groups excluding carboxylic acids is 2. The first-order valence-corrected chi connectivity index (χ1v) is 9.43. The first-order valence-electron chi connectivity index (χ1n) is 9.43. The van der Waals surface area contributed by atoms with Crippen molar-refractivity contribution in [3.8, 4) is 0 Å². The predicted molar refractivity (Wildman–Crippen MR) is 102 cm³/mol. The van der Waals surface area contributed by atoms with Crippen LogP contribution in [0.15, 0.2) is 54.6 Å². The Kier molecular flexibility index (Phi) is 4.49. The number of benzene rings is 2. The summed E-state index contributed by atoms with van der Waals surface area (Å²) in [7, 11) is 0. The van der Waals surface area contributed by atoms with Crippen LogP contribution in [0.4, 0.5) is 5.69 Å². The standard InChI is InChI=1S/C22H24N2O2/c25-20(23-15-12-17-7-2-1-3-8-17)22(13-14-22)21(26)24-16-6-10-18-9-4-5-11-19(18)24/h1-5,7-9,11H,6,10,12-16H2,(H,23,25). The average Bonchev–Trinajstić information content (AvgIpc) is 3.50. The zero-order chi connectivity index (χ0) is 18.0. The number of para-hydroxylation sites is 1. The van der Waals surface area contributed by atoms with Crippen LogP contribution in [0, 0.1) is 5.41 Å². The van der Waals surface area contributed by atoms with Gasteiger partial charge in [0.25, 0.3) is 0 Å². The van der Waals surface area contributed by atoms with E-state index in [4.69, 9.17) is 0 Å². The number of hydrogen-bond acceptors (Lipinski definition) is 2. The summed E-state index contributed by atoms with van der Waals surface area (Å²) in [6.07, 6.45) is 4.04. The largest absolute Gasteiger partial charge is 0.355 e. The third kappa shape index (κ3) is 3.12. The quantitative estimate of drug-likeness (QED) is 0.844. The summed E-state index contributed by atoms with van der Waals surface area (Å²) in [5.41, 5.74) is 2.52. The van der Waals surface area contributed by atoms with Crippen molar-refractivity contribution in [2.45, 2.75) is 32.1 Å². The number of hydrogen-bond donors (Lipinski definition) is 1. The first-order chi connectivity index (χ1) is 12.7. The smallest absolute Gasteiger partial charge is 0.242 e. The van der Waals surface area contributed by atoms with Gasteiger partial charge in [0.2, 0.25) is 11.8 Å². The fourth-order valence-electron chi connectivity index (χ4n) is 3.80. The number of amides is 2. The van der Waals surface area contributed by atoms with Gasteiger partial charge in [0.1, 0.15) is 5.41 Å². The molecule has 4 nitrogen and oxygen atoms in total. The van der Waals surface area contributed by atoms with Crippen molar-refractivity contribution in [3.63, 3.8) is 0 Å². The molecule has 0 bridgehead atoms. The molecule has 4 rings (SSSR count). The van der Waals surface area contributed by atoms with E-state index < -0.39 is 5.41 Å². The summed E-state index contributed by atoms with van der Waals surface area (Å²) >= 11 is 0. The van der Waals surface area contributed by atoms with E-state index in [1.54, 1.807) is 0 Å². The first kappa shape index (κ1) is 16.8. The number of fused-ring (bicyclic) bond motifs is 1. The van der Waals surface area contributed by atoms with Gasteiger partial charge >= 0.3 is 0 Å². The van der Waals surface area contributed by atoms with Gasteiger partial charge < -0.3 is 10.2 Å². The van der Waals surface area contributed by atoms with Crippen molar-refractivity contribution < 1.29 is 9.59 Å². The van der Waals surface area contributed by atoms with Gasteiger partial charge in [-0.1, -0.05) is 48.5 Å². The lowest BCUT2D eigenvalue weighted by atomic mass is 9.97. The van der Waals surface area contributed by atoms with Crippen molar-refractivity contribution in [2.75, 3.05) is 18.0 Å². The van der Waals surface area contributed by atoms with E-state index in [-0.39, 0.29) is 11.8 Å². The summed E-state index contributed by atoms with van der Waals surface area (Å²) in [5, 5.41) is 2.99. The van der Waals surface area contributed by atoms with Crippen molar-refractivity contribution >= 4 is 17.5 Å². The molecule has 4 heteroatoms. The molecule has 1 N–H and O–H groups in total. The number of nitrogens with one attached hydrogen (secondary N) is 1. The normalized spacial score (nSPS) is 17.3. The van der Waals surface area contributed by atoms with Crippen LogP contribution in [-0.2, 0) is 22.4 Å².